The second-order valence-corrected chi connectivity index (χ2v) is 5.77. The number of rotatable bonds is 2. The largest absolute Gasteiger partial charge is 0.303 e. The van der Waals surface area contributed by atoms with E-state index in [1.54, 1.807) is 0 Å². The predicted octanol–water partition coefficient (Wildman–Crippen LogP) is 4.60. The van der Waals surface area contributed by atoms with Crippen LogP contribution >= 0.6 is 0 Å². The first-order valence-electron chi connectivity index (χ1n) is 7.49. The Kier molecular flexibility index (Phi) is 7.63. The fourth-order valence-electron chi connectivity index (χ4n) is 2.86. The Hall–Kier alpha value is -0.265. The molecule has 1 aliphatic carbocycles. The molecule has 0 amide bonds. The minimum absolute atomic E-state index is 0.199. The van der Waals surface area contributed by atoms with Crippen LogP contribution in [0.1, 0.15) is 83.5 Å². The number of aldehydes is 1. The first-order valence-corrected chi connectivity index (χ1v) is 7.49. The highest BCUT2D eigenvalue weighted by Gasteiger charge is 2.22. The third kappa shape index (κ3) is 6.90. The summed E-state index contributed by atoms with van der Waals surface area (Å²) in [4.78, 5) is 10.7. The summed E-state index contributed by atoms with van der Waals surface area (Å²) in [6.07, 6.45) is 16.9. The lowest BCUT2D eigenvalue weighted by Crippen LogP contribution is -2.14. The molecule has 0 bridgehead atoms. The molecule has 1 fully saturated rings. The van der Waals surface area contributed by atoms with Crippen molar-refractivity contribution >= 4 is 14.1 Å². The summed E-state index contributed by atoms with van der Waals surface area (Å²) in [7, 11) is 6.36. The van der Waals surface area contributed by atoms with Crippen molar-refractivity contribution in [3.05, 3.63) is 0 Å². The summed E-state index contributed by atoms with van der Waals surface area (Å²) in [5.74, 6) is 0. The molecule has 0 spiro atoms. The van der Waals surface area contributed by atoms with Crippen molar-refractivity contribution in [2.75, 3.05) is 0 Å². The van der Waals surface area contributed by atoms with E-state index < -0.39 is 0 Å². The van der Waals surface area contributed by atoms with Gasteiger partial charge in [-0.1, -0.05) is 82.4 Å². The smallest absolute Gasteiger partial charge is 0.119 e. The molecule has 17 heavy (non-hydrogen) atoms. The Morgan fingerprint density at radius 1 is 0.765 bits per heavy atom. The van der Waals surface area contributed by atoms with Crippen molar-refractivity contribution in [2.45, 2.75) is 88.8 Å². The normalized spacial score (nSPS) is 24.0. The Balaban J connectivity index is 2.38. The molecule has 0 aromatic rings. The number of hydrogen-bond acceptors (Lipinski definition) is 1. The second kappa shape index (κ2) is 8.77. The van der Waals surface area contributed by atoms with Gasteiger partial charge in [-0.15, -0.1) is 0 Å². The van der Waals surface area contributed by atoms with E-state index in [1.807, 2.05) is 0 Å². The molecule has 0 unspecified atom stereocenters. The van der Waals surface area contributed by atoms with Gasteiger partial charge in [-0.05, 0) is 0 Å². The highest BCUT2D eigenvalue weighted by Crippen LogP contribution is 2.38. The Bertz CT molecular complexity index is 189. The molecule has 96 valence electrons. The Morgan fingerprint density at radius 2 is 1.12 bits per heavy atom. The summed E-state index contributed by atoms with van der Waals surface area (Å²) in [6.45, 7) is 0. The van der Waals surface area contributed by atoms with Gasteiger partial charge in [-0.2, -0.15) is 0 Å². The van der Waals surface area contributed by atoms with Gasteiger partial charge in [-0.25, -0.2) is 0 Å². The number of carbonyl (C=O) groups excluding carboxylic acids is 1. The summed E-state index contributed by atoms with van der Waals surface area (Å²) in [6, 6.07) is 0. The van der Waals surface area contributed by atoms with Crippen molar-refractivity contribution in [1.29, 1.82) is 0 Å². The zero-order valence-corrected chi connectivity index (χ0v) is 11.3. The van der Waals surface area contributed by atoms with Gasteiger partial charge in [0.05, 0.1) is 7.85 Å². The maximum atomic E-state index is 10.7. The van der Waals surface area contributed by atoms with Crippen LogP contribution in [0.3, 0.4) is 0 Å². The van der Waals surface area contributed by atoms with E-state index >= 15 is 0 Å². The minimum atomic E-state index is -0.199. The van der Waals surface area contributed by atoms with E-state index in [2.05, 4.69) is 0 Å². The molecule has 0 aromatic carbocycles. The van der Waals surface area contributed by atoms with Gasteiger partial charge < -0.3 is 4.79 Å². The minimum Gasteiger partial charge on any atom is -0.303 e. The molecule has 1 aliphatic rings. The molecule has 0 N–H and O–H groups in total. The zero-order valence-electron chi connectivity index (χ0n) is 11.3. The van der Waals surface area contributed by atoms with Crippen LogP contribution < -0.4 is 0 Å². The molecule has 0 aliphatic heterocycles. The Labute approximate surface area is 108 Å². The van der Waals surface area contributed by atoms with Gasteiger partial charge in [0.1, 0.15) is 6.29 Å². The first-order chi connectivity index (χ1) is 8.27. The fourth-order valence-corrected chi connectivity index (χ4v) is 2.86. The highest BCUT2D eigenvalue weighted by atomic mass is 16.1. The average molecular weight is 234 g/mol. The van der Waals surface area contributed by atoms with Crippen LogP contribution in [0.15, 0.2) is 0 Å². The van der Waals surface area contributed by atoms with Crippen LogP contribution in [-0.2, 0) is 4.79 Å². The quantitative estimate of drug-likeness (QED) is 0.504. The molecular weight excluding hydrogens is 207 g/mol. The van der Waals surface area contributed by atoms with Gasteiger partial charge in [-0.3, -0.25) is 0 Å². The van der Waals surface area contributed by atoms with Gasteiger partial charge in [0.2, 0.25) is 0 Å². The van der Waals surface area contributed by atoms with Crippen LogP contribution in [0.4, 0.5) is 0 Å². The summed E-state index contributed by atoms with van der Waals surface area (Å²) < 4.78 is 0. The van der Waals surface area contributed by atoms with E-state index in [9.17, 15) is 4.79 Å². The lowest BCUT2D eigenvalue weighted by molar-refractivity contribution is -0.108. The van der Waals surface area contributed by atoms with E-state index in [0.717, 1.165) is 19.1 Å². The molecule has 1 rings (SSSR count). The molecule has 0 saturated heterocycles. The third-order valence-corrected chi connectivity index (χ3v) is 4.09. The van der Waals surface area contributed by atoms with E-state index in [1.165, 1.54) is 64.2 Å². The van der Waals surface area contributed by atoms with Gasteiger partial charge in [0.15, 0.2) is 0 Å². The molecular formula is C15H27BO. The lowest BCUT2D eigenvalue weighted by atomic mass is 9.61. The average Bonchev–Trinajstić information content (AvgIpc) is 2.32. The number of carbonyl (C=O) groups is 1. The topological polar surface area (TPSA) is 17.1 Å². The van der Waals surface area contributed by atoms with E-state index in [-0.39, 0.29) is 5.31 Å². The Morgan fingerprint density at radius 3 is 1.47 bits per heavy atom. The molecule has 0 heterocycles. The SMILES string of the molecule is [B]C1(CC=O)CCCCCCCCCCCC1. The summed E-state index contributed by atoms with van der Waals surface area (Å²) in [5, 5.41) is -0.199. The van der Waals surface area contributed by atoms with E-state index in [0.29, 0.717) is 6.42 Å². The monoisotopic (exact) mass is 234 g/mol. The van der Waals surface area contributed by atoms with Crippen LogP contribution in [0.25, 0.3) is 0 Å². The second-order valence-electron chi connectivity index (χ2n) is 5.77. The maximum Gasteiger partial charge on any atom is 0.119 e. The molecule has 0 atom stereocenters. The molecule has 1 saturated carbocycles. The van der Waals surface area contributed by atoms with E-state index in [4.69, 9.17) is 7.85 Å². The van der Waals surface area contributed by atoms with Crippen LogP contribution in [-0.4, -0.2) is 14.1 Å². The van der Waals surface area contributed by atoms with Crippen molar-refractivity contribution in [3.8, 4) is 0 Å². The maximum absolute atomic E-state index is 10.7. The van der Waals surface area contributed by atoms with Crippen molar-refractivity contribution in [1.82, 2.24) is 0 Å². The fraction of sp³-hybridized carbons (Fsp3) is 0.933. The third-order valence-electron chi connectivity index (χ3n) is 4.09. The van der Waals surface area contributed by atoms with Crippen LogP contribution in [0.2, 0.25) is 5.31 Å². The predicted molar refractivity (Wildman–Crippen MR) is 74.5 cm³/mol. The molecule has 0 aromatic heterocycles. The van der Waals surface area contributed by atoms with Crippen LogP contribution in [0.5, 0.6) is 0 Å². The van der Waals surface area contributed by atoms with Gasteiger partial charge in [0.25, 0.3) is 0 Å². The highest BCUT2D eigenvalue weighted by molar-refractivity contribution is 6.16. The summed E-state index contributed by atoms with van der Waals surface area (Å²) in [5.41, 5.74) is 0. The van der Waals surface area contributed by atoms with Gasteiger partial charge in [0, 0.05) is 6.42 Å². The standard InChI is InChI=1S/C15H27BO/c16-15(13-14-17)11-9-7-5-3-1-2-4-6-8-10-12-15/h14H,1-13H2. The molecule has 1 nitrogen and oxygen atoms in total. The number of hydrogen-bond donors (Lipinski definition) is 0. The van der Waals surface area contributed by atoms with Crippen molar-refractivity contribution in [3.63, 3.8) is 0 Å². The van der Waals surface area contributed by atoms with Crippen molar-refractivity contribution < 1.29 is 4.79 Å². The molecule has 2 radical (unpaired) electrons. The zero-order chi connectivity index (χ0) is 12.4. The van der Waals surface area contributed by atoms with Crippen molar-refractivity contribution in [2.24, 2.45) is 0 Å². The first kappa shape index (κ1) is 14.8. The lowest BCUT2D eigenvalue weighted by Gasteiger charge is -2.28. The summed E-state index contributed by atoms with van der Waals surface area (Å²) >= 11 is 0. The molecule has 2 heteroatoms. The van der Waals surface area contributed by atoms with Crippen LogP contribution in [0, 0.1) is 0 Å². The van der Waals surface area contributed by atoms with Gasteiger partial charge >= 0.3 is 0 Å².